The SMILES string of the molecule is Cc1ccc2oc(CCCBr)cc2c1. The lowest BCUT2D eigenvalue weighted by Crippen LogP contribution is -1.80. The third-order valence-electron chi connectivity index (χ3n) is 2.28. The summed E-state index contributed by atoms with van der Waals surface area (Å²) in [6, 6.07) is 8.43. The first-order valence-electron chi connectivity index (χ1n) is 4.84. The zero-order chi connectivity index (χ0) is 9.97. The number of aryl methyl sites for hydroxylation is 2. The van der Waals surface area contributed by atoms with Gasteiger partial charge < -0.3 is 4.42 Å². The molecule has 1 aromatic carbocycles. The largest absolute Gasteiger partial charge is 0.461 e. The lowest BCUT2D eigenvalue weighted by Gasteiger charge is -1.90. The van der Waals surface area contributed by atoms with E-state index in [4.69, 9.17) is 4.42 Å². The van der Waals surface area contributed by atoms with E-state index in [1.165, 1.54) is 10.9 Å². The van der Waals surface area contributed by atoms with Gasteiger partial charge in [-0.3, -0.25) is 0 Å². The van der Waals surface area contributed by atoms with E-state index in [9.17, 15) is 0 Å². The lowest BCUT2D eigenvalue weighted by atomic mass is 10.2. The monoisotopic (exact) mass is 252 g/mol. The van der Waals surface area contributed by atoms with Crippen LogP contribution < -0.4 is 0 Å². The molecule has 0 spiro atoms. The zero-order valence-corrected chi connectivity index (χ0v) is 9.80. The van der Waals surface area contributed by atoms with Gasteiger partial charge >= 0.3 is 0 Å². The summed E-state index contributed by atoms with van der Waals surface area (Å²) in [5, 5.41) is 2.25. The molecule has 0 saturated carbocycles. The van der Waals surface area contributed by atoms with Gasteiger partial charge in [0.2, 0.25) is 0 Å². The fourth-order valence-electron chi connectivity index (χ4n) is 1.58. The summed E-state index contributed by atoms with van der Waals surface area (Å²) in [5.41, 5.74) is 2.28. The average Bonchev–Trinajstić information content (AvgIpc) is 2.56. The van der Waals surface area contributed by atoms with Crippen molar-refractivity contribution in [2.24, 2.45) is 0 Å². The smallest absolute Gasteiger partial charge is 0.134 e. The molecule has 0 amide bonds. The highest BCUT2D eigenvalue weighted by Crippen LogP contribution is 2.21. The second kappa shape index (κ2) is 4.18. The molecule has 0 atom stereocenters. The first kappa shape index (κ1) is 9.78. The zero-order valence-electron chi connectivity index (χ0n) is 8.22. The Kier molecular flexibility index (Phi) is 2.92. The molecule has 0 radical (unpaired) electrons. The normalized spacial score (nSPS) is 11.0. The van der Waals surface area contributed by atoms with Crippen molar-refractivity contribution < 1.29 is 4.42 Å². The summed E-state index contributed by atoms with van der Waals surface area (Å²) in [7, 11) is 0. The Balaban J connectivity index is 2.32. The molecule has 0 saturated heterocycles. The Bertz CT molecular complexity index is 431. The lowest BCUT2D eigenvalue weighted by molar-refractivity contribution is 0.546. The number of hydrogen-bond donors (Lipinski definition) is 0. The molecule has 1 aromatic heterocycles. The predicted octanol–water partition coefficient (Wildman–Crippen LogP) is 4.07. The van der Waals surface area contributed by atoms with Crippen molar-refractivity contribution in [3.63, 3.8) is 0 Å². The Morgan fingerprint density at radius 2 is 2.14 bits per heavy atom. The summed E-state index contributed by atoms with van der Waals surface area (Å²) in [6.45, 7) is 2.10. The molecule has 0 aliphatic carbocycles. The molecule has 1 nitrogen and oxygen atoms in total. The minimum atomic E-state index is 1.00. The molecule has 14 heavy (non-hydrogen) atoms. The molecule has 0 unspecified atom stereocenters. The van der Waals surface area contributed by atoms with Gasteiger partial charge in [-0.05, 0) is 31.5 Å². The van der Waals surface area contributed by atoms with E-state index in [0.29, 0.717) is 0 Å². The third-order valence-corrected chi connectivity index (χ3v) is 2.84. The Morgan fingerprint density at radius 1 is 1.29 bits per heavy atom. The number of hydrogen-bond acceptors (Lipinski definition) is 1. The van der Waals surface area contributed by atoms with Gasteiger partial charge in [0.25, 0.3) is 0 Å². The van der Waals surface area contributed by atoms with Crippen LogP contribution in [0.2, 0.25) is 0 Å². The van der Waals surface area contributed by atoms with Crippen LogP contribution in [-0.4, -0.2) is 5.33 Å². The van der Waals surface area contributed by atoms with E-state index in [0.717, 1.165) is 29.5 Å². The molecule has 0 fully saturated rings. The average molecular weight is 253 g/mol. The highest BCUT2D eigenvalue weighted by Gasteiger charge is 2.02. The predicted molar refractivity (Wildman–Crippen MR) is 63.1 cm³/mol. The van der Waals surface area contributed by atoms with Crippen LogP contribution in [0.1, 0.15) is 17.7 Å². The number of rotatable bonds is 3. The Labute approximate surface area is 92.2 Å². The van der Waals surface area contributed by atoms with Crippen LogP contribution in [0.5, 0.6) is 0 Å². The van der Waals surface area contributed by atoms with Crippen molar-refractivity contribution in [3.8, 4) is 0 Å². The van der Waals surface area contributed by atoms with Crippen LogP contribution in [0, 0.1) is 6.92 Å². The van der Waals surface area contributed by atoms with E-state index in [1.807, 2.05) is 6.07 Å². The molecule has 74 valence electrons. The van der Waals surface area contributed by atoms with Crippen molar-refractivity contribution >= 4 is 26.9 Å². The summed E-state index contributed by atoms with van der Waals surface area (Å²) in [6.07, 6.45) is 2.14. The standard InChI is InChI=1S/C12H13BrO/c1-9-4-5-12-10(7-9)8-11(14-12)3-2-6-13/h4-5,7-8H,2-3,6H2,1H3. The summed E-state index contributed by atoms with van der Waals surface area (Å²) in [4.78, 5) is 0. The van der Waals surface area contributed by atoms with E-state index in [2.05, 4.69) is 41.1 Å². The van der Waals surface area contributed by atoms with Crippen LogP contribution in [0.15, 0.2) is 28.7 Å². The van der Waals surface area contributed by atoms with Gasteiger partial charge in [0.05, 0.1) is 0 Å². The molecule has 2 aromatic rings. The van der Waals surface area contributed by atoms with E-state index in [1.54, 1.807) is 0 Å². The van der Waals surface area contributed by atoms with Crippen molar-refractivity contribution in [2.45, 2.75) is 19.8 Å². The maximum atomic E-state index is 5.70. The van der Waals surface area contributed by atoms with Gasteiger partial charge in [-0.25, -0.2) is 0 Å². The Morgan fingerprint density at radius 3 is 2.93 bits per heavy atom. The van der Waals surface area contributed by atoms with Crippen LogP contribution in [0.3, 0.4) is 0 Å². The van der Waals surface area contributed by atoms with Crippen LogP contribution in [0.4, 0.5) is 0 Å². The van der Waals surface area contributed by atoms with Crippen molar-refractivity contribution in [3.05, 3.63) is 35.6 Å². The number of fused-ring (bicyclic) bond motifs is 1. The molecular formula is C12H13BrO. The van der Waals surface area contributed by atoms with Crippen molar-refractivity contribution in [1.29, 1.82) is 0 Å². The third kappa shape index (κ3) is 2.01. The van der Waals surface area contributed by atoms with Crippen molar-refractivity contribution in [2.75, 3.05) is 5.33 Å². The van der Waals surface area contributed by atoms with Gasteiger partial charge in [0, 0.05) is 17.1 Å². The van der Waals surface area contributed by atoms with Crippen LogP contribution >= 0.6 is 15.9 Å². The molecule has 2 rings (SSSR count). The van der Waals surface area contributed by atoms with Crippen molar-refractivity contribution in [1.82, 2.24) is 0 Å². The summed E-state index contributed by atoms with van der Waals surface area (Å²) < 4.78 is 5.70. The second-order valence-electron chi connectivity index (χ2n) is 3.55. The maximum Gasteiger partial charge on any atom is 0.134 e. The van der Waals surface area contributed by atoms with E-state index < -0.39 is 0 Å². The first-order valence-corrected chi connectivity index (χ1v) is 5.97. The molecule has 0 aliphatic heterocycles. The molecular weight excluding hydrogens is 240 g/mol. The minimum Gasteiger partial charge on any atom is -0.461 e. The molecule has 2 heteroatoms. The number of alkyl halides is 1. The van der Waals surface area contributed by atoms with E-state index >= 15 is 0 Å². The van der Waals surface area contributed by atoms with Gasteiger partial charge in [-0.1, -0.05) is 27.6 Å². The number of furan rings is 1. The second-order valence-corrected chi connectivity index (χ2v) is 4.34. The molecule has 1 heterocycles. The fraction of sp³-hybridized carbons (Fsp3) is 0.333. The maximum absolute atomic E-state index is 5.70. The molecule has 0 bridgehead atoms. The van der Waals surface area contributed by atoms with Gasteiger partial charge in [-0.15, -0.1) is 0 Å². The number of benzene rings is 1. The van der Waals surface area contributed by atoms with E-state index in [-0.39, 0.29) is 0 Å². The Hall–Kier alpha value is -0.760. The molecule has 0 aliphatic rings. The minimum absolute atomic E-state index is 1.00. The van der Waals surface area contributed by atoms with Gasteiger partial charge in [0.15, 0.2) is 0 Å². The first-order chi connectivity index (χ1) is 6.79. The topological polar surface area (TPSA) is 13.1 Å². The van der Waals surface area contributed by atoms with Crippen LogP contribution in [0.25, 0.3) is 11.0 Å². The van der Waals surface area contributed by atoms with Crippen LogP contribution in [-0.2, 0) is 6.42 Å². The summed E-state index contributed by atoms with van der Waals surface area (Å²) >= 11 is 3.42. The number of halogens is 1. The molecule has 0 N–H and O–H groups in total. The highest BCUT2D eigenvalue weighted by atomic mass is 79.9. The van der Waals surface area contributed by atoms with Gasteiger partial charge in [0.1, 0.15) is 11.3 Å². The fourth-order valence-corrected chi connectivity index (χ4v) is 1.86. The summed E-state index contributed by atoms with van der Waals surface area (Å²) in [5.74, 6) is 1.09. The highest BCUT2D eigenvalue weighted by molar-refractivity contribution is 9.09. The van der Waals surface area contributed by atoms with Gasteiger partial charge in [-0.2, -0.15) is 0 Å². The quantitative estimate of drug-likeness (QED) is 0.751.